The highest BCUT2D eigenvalue weighted by molar-refractivity contribution is 5.91. The van der Waals surface area contributed by atoms with Crippen LogP contribution in [-0.2, 0) is 4.79 Å². The van der Waals surface area contributed by atoms with Crippen LogP contribution in [0.1, 0.15) is 20.8 Å². The number of pyridine rings is 1. The van der Waals surface area contributed by atoms with Crippen molar-refractivity contribution in [3.63, 3.8) is 0 Å². The fourth-order valence-electron chi connectivity index (χ4n) is 1.22. The number of carbonyl (C=O) groups excluding carboxylic acids is 1. The molecule has 0 spiro atoms. The smallest absolute Gasteiger partial charge is 0.225 e. The molecule has 0 saturated heterocycles. The number of aromatic nitrogens is 1. The maximum absolute atomic E-state index is 11.6. The minimum absolute atomic E-state index is 0.000966. The molecule has 0 bridgehead atoms. The summed E-state index contributed by atoms with van der Waals surface area (Å²) < 4.78 is 0. The molecule has 0 aliphatic carbocycles. The van der Waals surface area contributed by atoms with E-state index in [2.05, 4.69) is 20.6 Å². The molecule has 1 amide bonds. The Balaban J connectivity index is 2.31. The van der Waals surface area contributed by atoms with Crippen LogP contribution in [0, 0.1) is 5.41 Å². The van der Waals surface area contributed by atoms with Gasteiger partial charge in [-0.2, -0.15) is 0 Å². The maximum atomic E-state index is 11.6. The average molecular weight is 263 g/mol. The van der Waals surface area contributed by atoms with Gasteiger partial charge >= 0.3 is 0 Å². The Morgan fingerprint density at radius 2 is 2.16 bits per heavy atom. The van der Waals surface area contributed by atoms with Crippen molar-refractivity contribution in [3.05, 3.63) is 24.4 Å². The number of rotatable bonds is 4. The van der Waals surface area contributed by atoms with Crippen molar-refractivity contribution in [2.24, 2.45) is 16.1 Å². The number of guanidine groups is 1. The Morgan fingerprint density at radius 1 is 1.42 bits per heavy atom. The van der Waals surface area contributed by atoms with Gasteiger partial charge in [0.25, 0.3) is 0 Å². The van der Waals surface area contributed by atoms with Crippen LogP contribution in [0.15, 0.2) is 29.4 Å². The van der Waals surface area contributed by atoms with Crippen molar-refractivity contribution in [1.82, 2.24) is 10.3 Å². The summed E-state index contributed by atoms with van der Waals surface area (Å²) in [5.41, 5.74) is 5.31. The van der Waals surface area contributed by atoms with E-state index in [1.807, 2.05) is 32.9 Å². The third-order valence-electron chi connectivity index (χ3n) is 2.28. The van der Waals surface area contributed by atoms with Crippen molar-refractivity contribution in [1.29, 1.82) is 0 Å². The van der Waals surface area contributed by atoms with Crippen LogP contribution in [0.25, 0.3) is 0 Å². The van der Waals surface area contributed by atoms with Crippen molar-refractivity contribution in [3.8, 4) is 0 Å². The molecule has 19 heavy (non-hydrogen) atoms. The Hall–Kier alpha value is -2.11. The van der Waals surface area contributed by atoms with Crippen LogP contribution < -0.4 is 16.4 Å². The number of anilines is 1. The van der Waals surface area contributed by atoms with Gasteiger partial charge in [0.05, 0.1) is 6.54 Å². The number of nitrogens with two attached hydrogens (primary N) is 1. The zero-order valence-electron chi connectivity index (χ0n) is 11.6. The van der Waals surface area contributed by atoms with E-state index >= 15 is 0 Å². The number of carbonyl (C=O) groups is 1. The molecule has 4 N–H and O–H groups in total. The summed E-state index contributed by atoms with van der Waals surface area (Å²) in [5, 5.41) is 5.66. The first kappa shape index (κ1) is 14.9. The van der Waals surface area contributed by atoms with Gasteiger partial charge in [0.1, 0.15) is 5.82 Å². The second kappa shape index (κ2) is 6.72. The molecule has 0 atom stereocenters. The average Bonchev–Trinajstić information content (AvgIpc) is 2.34. The summed E-state index contributed by atoms with van der Waals surface area (Å²) in [4.78, 5) is 19.8. The van der Waals surface area contributed by atoms with E-state index in [-0.39, 0.29) is 17.3 Å². The summed E-state index contributed by atoms with van der Waals surface area (Å²) >= 11 is 0. The number of hydrogen-bond donors (Lipinski definition) is 3. The molecule has 0 unspecified atom stereocenters. The number of aliphatic imine (C=N–C) groups is 1. The minimum atomic E-state index is -0.387. The first-order chi connectivity index (χ1) is 8.89. The molecule has 0 fully saturated rings. The summed E-state index contributed by atoms with van der Waals surface area (Å²) in [6, 6.07) is 5.47. The lowest BCUT2D eigenvalue weighted by Crippen LogP contribution is -2.36. The van der Waals surface area contributed by atoms with Gasteiger partial charge in [-0.25, -0.2) is 4.98 Å². The summed E-state index contributed by atoms with van der Waals surface area (Å²) in [7, 11) is 0. The standard InChI is InChI=1S/C13H21N5O/c1-13(2,3)11(19)16-8-9-17-12(14)18-10-6-4-5-7-15-10/h4-7H,8-9H2,1-3H3,(H,16,19)(H3,14,15,17,18). The molecule has 6 nitrogen and oxygen atoms in total. The molecule has 1 aromatic rings. The van der Waals surface area contributed by atoms with Gasteiger partial charge < -0.3 is 16.4 Å². The molecular weight excluding hydrogens is 242 g/mol. The van der Waals surface area contributed by atoms with Crippen molar-refractivity contribution in [2.75, 3.05) is 18.4 Å². The molecule has 0 aromatic carbocycles. The predicted octanol–water partition coefficient (Wildman–Crippen LogP) is 0.970. The van der Waals surface area contributed by atoms with E-state index in [1.165, 1.54) is 0 Å². The summed E-state index contributed by atoms with van der Waals surface area (Å²) in [5.74, 6) is 0.921. The second-order valence-corrected chi connectivity index (χ2v) is 5.11. The molecule has 0 aliphatic heterocycles. The zero-order chi connectivity index (χ0) is 14.3. The Kier molecular flexibility index (Phi) is 5.29. The first-order valence-corrected chi connectivity index (χ1v) is 6.16. The summed E-state index contributed by atoms with van der Waals surface area (Å²) in [6.07, 6.45) is 1.67. The number of hydrogen-bond acceptors (Lipinski definition) is 3. The third-order valence-corrected chi connectivity index (χ3v) is 2.28. The van der Waals surface area contributed by atoms with Crippen molar-refractivity contribution >= 4 is 17.7 Å². The molecule has 1 aromatic heterocycles. The molecule has 104 valence electrons. The SMILES string of the molecule is CC(C)(C)C(=O)NCCN=C(N)Nc1ccccn1. The van der Waals surface area contributed by atoms with Gasteiger partial charge in [0.15, 0.2) is 5.96 Å². The van der Waals surface area contributed by atoms with Gasteiger partial charge in [-0.3, -0.25) is 9.79 Å². The van der Waals surface area contributed by atoms with Gasteiger partial charge in [-0.05, 0) is 12.1 Å². The van der Waals surface area contributed by atoms with Gasteiger partial charge in [-0.15, -0.1) is 0 Å². The molecule has 0 radical (unpaired) electrons. The highest BCUT2D eigenvalue weighted by Gasteiger charge is 2.19. The van der Waals surface area contributed by atoms with Crippen molar-refractivity contribution < 1.29 is 4.79 Å². The monoisotopic (exact) mass is 263 g/mol. The normalized spacial score (nSPS) is 12.1. The predicted molar refractivity (Wildman–Crippen MR) is 76.8 cm³/mol. The highest BCUT2D eigenvalue weighted by atomic mass is 16.2. The zero-order valence-corrected chi connectivity index (χ0v) is 11.6. The van der Waals surface area contributed by atoms with Crippen LogP contribution in [0.2, 0.25) is 0 Å². The third kappa shape index (κ3) is 5.85. The summed E-state index contributed by atoms with van der Waals surface area (Å²) in [6.45, 7) is 6.47. The number of amides is 1. The largest absolute Gasteiger partial charge is 0.370 e. The second-order valence-electron chi connectivity index (χ2n) is 5.11. The Labute approximate surface area is 113 Å². The number of nitrogens with zero attached hydrogens (tertiary/aromatic N) is 2. The quantitative estimate of drug-likeness (QED) is 0.429. The van der Waals surface area contributed by atoms with Crippen molar-refractivity contribution in [2.45, 2.75) is 20.8 Å². The van der Waals surface area contributed by atoms with E-state index in [0.717, 1.165) is 0 Å². The first-order valence-electron chi connectivity index (χ1n) is 6.16. The van der Waals surface area contributed by atoms with Crippen LogP contribution in [0.3, 0.4) is 0 Å². The lowest BCUT2D eigenvalue weighted by Gasteiger charge is -2.17. The van der Waals surface area contributed by atoms with E-state index in [4.69, 9.17) is 5.73 Å². The van der Waals surface area contributed by atoms with Crippen LogP contribution in [0.5, 0.6) is 0 Å². The Morgan fingerprint density at radius 3 is 2.74 bits per heavy atom. The van der Waals surface area contributed by atoms with E-state index < -0.39 is 0 Å². The lowest BCUT2D eigenvalue weighted by molar-refractivity contribution is -0.128. The fourth-order valence-corrected chi connectivity index (χ4v) is 1.22. The van der Waals surface area contributed by atoms with E-state index in [9.17, 15) is 4.79 Å². The topological polar surface area (TPSA) is 92.4 Å². The number of nitrogens with one attached hydrogen (secondary N) is 2. The van der Waals surface area contributed by atoms with Gasteiger partial charge in [0, 0.05) is 18.2 Å². The van der Waals surface area contributed by atoms with Crippen LogP contribution >= 0.6 is 0 Å². The molecular formula is C13H21N5O. The van der Waals surface area contributed by atoms with E-state index in [0.29, 0.717) is 18.9 Å². The van der Waals surface area contributed by atoms with Gasteiger partial charge in [-0.1, -0.05) is 26.8 Å². The van der Waals surface area contributed by atoms with E-state index in [1.54, 1.807) is 12.3 Å². The molecule has 1 rings (SSSR count). The highest BCUT2D eigenvalue weighted by Crippen LogP contribution is 2.11. The molecule has 1 heterocycles. The lowest BCUT2D eigenvalue weighted by atomic mass is 9.96. The maximum Gasteiger partial charge on any atom is 0.225 e. The molecule has 6 heteroatoms. The van der Waals surface area contributed by atoms with Crippen LogP contribution in [0.4, 0.5) is 5.82 Å². The van der Waals surface area contributed by atoms with Gasteiger partial charge in [0.2, 0.25) is 5.91 Å². The minimum Gasteiger partial charge on any atom is -0.370 e. The Bertz CT molecular complexity index is 436. The van der Waals surface area contributed by atoms with Crippen LogP contribution in [-0.4, -0.2) is 29.9 Å². The fraction of sp³-hybridized carbons (Fsp3) is 0.462. The molecule has 0 saturated carbocycles. The molecule has 0 aliphatic rings.